The van der Waals surface area contributed by atoms with Crippen molar-refractivity contribution in [2.45, 2.75) is 26.0 Å². The number of carbonyl (C=O) groups is 1. The van der Waals surface area contributed by atoms with Crippen LogP contribution in [0.25, 0.3) is 11.4 Å². The maximum Gasteiger partial charge on any atom is 0.262 e. The molecule has 2 heterocycles. The summed E-state index contributed by atoms with van der Waals surface area (Å²) in [5, 5.41) is 6.98. The topological polar surface area (TPSA) is 80.5 Å². The Morgan fingerprint density at radius 1 is 1.18 bits per heavy atom. The van der Waals surface area contributed by atoms with Gasteiger partial charge in [0.15, 0.2) is 6.10 Å². The molecule has 1 atom stereocenters. The van der Waals surface area contributed by atoms with Crippen molar-refractivity contribution in [2.24, 2.45) is 0 Å². The zero-order valence-corrected chi connectivity index (χ0v) is 15.7. The first kappa shape index (κ1) is 18.0. The predicted octanol–water partition coefficient (Wildman–Crippen LogP) is 3.03. The smallest absolute Gasteiger partial charge is 0.262 e. The number of carbonyl (C=O) groups excluding carboxylic acids is 1. The lowest BCUT2D eigenvalue weighted by Crippen LogP contribution is -2.48. The van der Waals surface area contributed by atoms with Crippen molar-refractivity contribution in [1.82, 2.24) is 15.5 Å². The Hall–Kier alpha value is -3.35. The van der Waals surface area contributed by atoms with E-state index in [2.05, 4.69) is 15.5 Å². The van der Waals surface area contributed by atoms with E-state index in [4.69, 9.17) is 9.26 Å². The second-order valence-electron chi connectivity index (χ2n) is 6.62. The minimum Gasteiger partial charge on any atom is -0.477 e. The van der Waals surface area contributed by atoms with Crippen LogP contribution in [0, 0.1) is 0 Å². The van der Waals surface area contributed by atoms with Gasteiger partial charge in [-0.1, -0.05) is 54.5 Å². The molecule has 0 bridgehead atoms. The van der Waals surface area contributed by atoms with Gasteiger partial charge in [-0.3, -0.25) is 4.79 Å². The third kappa shape index (κ3) is 3.83. The fraction of sp³-hybridized carbons (Fsp3) is 0.286. The molecule has 0 fully saturated rings. The summed E-state index contributed by atoms with van der Waals surface area (Å²) in [5.41, 5.74) is 1.80. The predicted molar refractivity (Wildman–Crippen MR) is 105 cm³/mol. The second kappa shape index (κ2) is 8.12. The summed E-state index contributed by atoms with van der Waals surface area (Å²) in [7, 11) is 0. The molecule has 2 aromatic carbocycles. The molecule has 0 unspecified atom stereocenters. The molecule has 0 saturated carbocycles. The second-order valence-corrected chi connectivity index (χ2v) is 6.62. The van der Waals surface area contributed by atoms with E-state index in [0.29, 0.717) is 37.1 Å². The van der Waals surface area contributed by atoms with Crippen LogP contribution in [-0.4, -0.2) is 35.2 Å². The third-order valence-electron chi connectivity index (χ3n) is 4.53. The largest absolute Gasteiger partial charge is 0.477 e. The van der Waals surface area contributed by atoms with Crippen molar-refractivity contribution >= 4 is 11.6 Å². The van der Waals surface area contributed by atoms with Crippen LogP contribution in [0.5, 0.6) is 5.75 Å². The zero-order chi connectivity index (χ0) is 19.3. The lowest BCUT2D eigenvalue weighted by Gasteiger charge is -2.34. The van der Waals surface area contributed by atoms with Crippen LogP contribution in [0.3, 0.4) is 0 Å². The van der Waals surface area contributed by atoms with Crippen LogP contribution in [0.2, 0.25) is 0 Å². The molecule has 0 radical (unpaired) electrons. The molecule has 4 rings (SSSR count). The van der Waals surface area contributed by atoms with E-state index in [1.165, 1.54) is 0 Å². The Balaban J connectivity index is 1.54. The summed E-state index contributed by atoms with van der Waals surface area (Å²) in [4.78, 5) is 19.0. The normalized spacial score (nSPS) is 15.6. The van der Waals surface area contributed by atoms with Crippen LogP contribution < -0.4 is 15.0 Å². The lowest BCUT2D eigenvalue weighted by molar-refractivity contribution is -0.127. The highest BCUT2D eigenvalue weighted by atomic mass is 16.5. The third-order valence-corrected chi connectivity index (χ3v) is 4.53. The first-order chi connectivity index (χ1) is 13.7. The van der Waals surface area contributed by atoms with Gasteiger partial charge in [0.25, 0.3) is 5.91 Å². The molecule has 1 aromatic heterocycles. The Morgan fingerprint density at radius 3 is 2.79 bits per heavy atom. The quantitative estimate of drug-likeness (QED) is 0.710. The minimum absolute atomic E-state index is 0.114. The summed E-state index contributed by atoms with van der Waals surface area (Å²) in [6.45, 7) is 3.46. The summed E-state index contributed by atoms with van der Waals surface area (Å²) in [6, 6.07) is 17.3. The average molecular weight is 378 g/mol. The van der Waals surface area contributed by atoms with E-state index >= 15 is 0 Å². The average Bonchev–Trinajstić information content (AvgIpc) is 3.21. The monoisotopic (exact) mass is 378 g/mol. The van der Waals surface area contributed by atoms with Crippen molar-refractivity contribution < 1.29 is 14.1 Å². The van der Waals surface area contributed by atoms with Gasteiger partial charge in [0, 0.05) is 12.1 Å². The SMILES string of the molecule is CCCNC(=O)[C@@H]1CN(Cc2nc(-c3ccccc3)no2)c2ccccc2O1. The number of nitrogens with zero attached hydrogens (tertiary/aromatic N) is 3. The number of hydrogen-bond acceptors (Lipinski definition) is 6. The van der Waals surface area contributed by atoms with Gasteiger partial charge in [-0.15, -0.1) is 0 Å². The molecule has 1 N–H and O–H groups in total. The number of rotatable bonds is 6. The molecule has 7 heteroatoms. The van der Waals surface area contributed by atoms with Crippen LogP contribution in [0.4, 0.5) is 5.69 Å². The number of anilines is 1. The molecule has 1 amide bonds. The summed E-state index contributed by atoms with van der Waals surface area (Å²) < 4.78 is 11.4. The highest BCUT2D eigenvalue weighted by Gasteiger charge is 2.31. The fourth-order valence-electron chi connectivity index (χ4n) is 3.14. The molecule has 0 saturated heterocycles. The Labute approximate surface area is 163 Å². The van der Waals surface area contributed by atoms with E-state index in [9.17, 15) is 4.79 Å². The minimum atomic E-state index is -0.585. The Kier molecular flexibility index (Phi) is 5.23. The number of fused-ring (bicyclic) bond motifs is 1. The van der Waals surface area contributed by atoms with Gasteiger partial charge >= 0.3 is 0 Å². The van der Waals surface area contributed by atoms with Gasteiger partial charge in [-0.2, -0.15) is 4.98 Å². The maximum absolute atomic E-state index is 12.4. The van der Waals surface area contributed by atoms with Crippen LogP contribution in [-0.2, 0) is 11.3 Å². The number of para-hydroxylation sites is 2. The maximum atomic E-state index is 12.4. The molecule has 1 aliphatic rings. The van der Waals surface area contributed by atoms with Gasteiger partial charge in [-0.05, 0) is 18.6 Å². The summed E-state index contributed by atoms with van der Waals surface area (Å²) in [5.74, 6) is 1.60. The molecule has 0 spiro atoms. The zero-order valence-electron chi connectivity index (χ0n) is 15.7. The highest BCUT2D eigenvalue weighted by Crippen LogP contribution is 2.34. The molecular weight excluding hydrogens is 356 g/mol. The molecule has 144 valence electrons. The Bertz CT molecular complexity index is 942. The number of amides is 1. The van der Waals surface area contributed by atoms with Crippen molar-refractivity contribution in [3.63, 3.8) is 0 Å². The molecule has 28 heavy (non-hydrogen) atoms. The summed E-state index contributed by atoms with van der Waals surface area (Å²) in [6.07, 6.45) is 0.293. The van der Waals surface area contributed by atoms with Crippen molar-refractivity contribution in [2.75, 3.05) is 18.0 Å². The van der Waals surface area contributed by atoms with Crippen molar-refractivity contribution in [3.05, 3.63) is 60.5 Å². The van der Waals surface area contributed by atoms with Gasteiger partial charge < -0.3 is 19.5 Å². The van der Waals surface area contributed by atoms with E-state index in [1.807, 2.05) is 66.4 Å². The van der Waals surface area contributed by atoms with Crippen molar-refractivity contribution in [1.29, 1.82) is 0 Å². The Morgan fingerprint density at radius 2 is 1.96 bits per heavy atom. The van der Waals surface area contributed by atoms with Gasteiger partial charge in [0.1, 0.15) is 5.75 Å². The lowest BCUT2D eigenvalue weighted by atomic mass is 10.1. The number of aromatic nitrogens is 2. The van der Waals surface area contributed by atoms with Crippen LogP contribution in [0.1, 0.15) is 19.2 Å². The molecule has 7 nitrogen and oxygen atoms in total. The van der Waals surface area contributed by atoms with E-state index < -0.39 is 6.10 Å². The number of benzene rings is 2. The summed E-state index contributed by atoms with van der Waals surface area (Å²) >= 11 is 0. The first-order valence-corrected chi connectivity index (χ1v) is 9.41. The van der Waals surface area contributed by atoms with E-state index in [1.54, 1.807) is 0 Å². The van der Waals surface area contributed by atoms with Gasteiger partial charge in [0.05, 0.1) is 18.8 Å². The van der Waals surface area contributed by atoms with E-state index in [0.717, 1.165) is 17.7 Å². The van der Waals surface area contributed by atoms with E-state index in [-0.39, 0.29) is 5.91 Å². The van der Waals surface area contributed by atoms with Gasteiger partial charge in [0.2, 0.25) is 11.7 Å². The van der Waals surface area contributed by atoms with Crippen molar-refractivity contribution in [3.8, 4) is 17.1 Å². The molecule has 1 aliphatic heterocycles. The number of ether oxygens (including phenoxy) is 1. The molecular formula is C21H22N4O3. The van der Waals surface area contributed by atoms with Crippen LogP contribution >= 0.6 is 0 Å². The van der Waals surface area contributed by atoms with Crippen LogP contribution in [0.15, 0.2) is 59.1 Å². The molecule has 3 aromatic rings. The number of hydrogen-bond donors (Lipinski definition) is 1. The van der Waals surface area contributed by atoms with Gasteiger partial charge in [-0.25, -0.2) is 0 Å². The fourth-order valence-corrected chi connectivity index (χ4v) is 3.14. The molecule has 0 aliphatic carbocycles. The first-order valence-electron chi connectivity index (χ1n) is 9.41. The standard InChI is InChI=1S/C21H22N4O3/c1-2-12-22-21(26)18-13-25(16-10-6-7-11-17(16)27-18)14-19-23-20(24-28-19)15-8-4-3-5-9-15/h3-11,18H,2,12-14H2,1H3,(H,22,26)/t18-/m0/s1. The highest BCUT2D eigenvalue weighted by molar-refractivity contribution is 5.83. The number of nitrogens with one attached hydrogen (secondary N) is 1.